The van der Waals surface area contributed by atoms with Gasteiger partial charge in [-0.15, -0.1) is 0 Å². The summed E-state index contributed by atoms with van der Waals surface area (Å²) in [5.41, 5.74) is 3.54. The smallest absolute Gasteiger partial charge is 0.255 e. The molecular formula is C23H21NO3. The number of para-hydroxylation sites is 1. The van der Waals surface area contributed by atoms with Gasteiger partial charge in [-0.05, 0) is 28.8 Å². The summed E-state index contributed by atoms with van der Waals surface area (Å²) in [6.07, 6.45) is -0.0726. The summed E-state index contributed by atoms with van der Waals surface area (Å²) in [7, 11) is 0. The zero-order chi connectivity index (χ0) is 18.6. The second-order valence-corrected chi connectivity index (χ2v) is 6.69. The maximum atomic E-state index is 12.9. The summed E-state index contributed by atoms with van der Waals surface area (Å²) in [5, 5.41) is 13.4. The lowest BCUT2D eigenvalue weighted by atomic mass is 10.1. The number of aliphatic hydroxyl groups is 1. The Balaban J connectivity index is 1.51. The molecule has 136 valence electrons. The number of carbonyl (C=O) groups is 1. The third kappa shape index (κ3) is 3.71. The SMILES string of the molecule is O=C(NC1c2ccccc2CC1O)c1ccccc1OCc1ccccc1. The maximum Gasteiger partial charge on any atom is 0.255 e. The van der Waals surface area contributed by atoms with Gasteiger partial charge in [-0.1, -0.05) is 66.7 Å². The Morgan fingerprint density at radius 1 is 0.963 bits per heavy atom. The molecule has 4 heteroatoms. The Hall–Kier alpha value is -3.11. The molecule has 0 heterocycles. The van der Waals surface area contributed by atoms with Crippen molar-refractivity contribution in [3.8, 4) is 5.75 Å². The number of benzene rings is 3. The number of rotatable bonds is 5. The topological polar surface area (TPSA) is 58.6 Å². The first-order valence-electron chi connectivity index (χ1n) is 9.05. The van der Waals surface area contributed by atoms with E-state index < -0.39 is 12.1 Å². The molecule has 2 unspecified atom stereocenters. The fourth-order valence-corrected chi connectivity index (χ4v) is 3.48. The van der Waals surface area contributed by atoms with Crippen molar-refractivity contribution in [1.29, 1.82) is 0 Å². The number of ether oxygens (including phenoxy) is 1. The Kier molecular flexibility index (Phi) is 4.90. The lowest BCUT2D eigenvalue weighted by Crippen LogP contribution is -2.34. The van der Waals surface area contributed by atoms with Gasteiger partial charge in [0.2, 0.25) is 0 Å². The normalized spacial score (nSPS) is 18.0. The Morgan fingerprint density at radius 2 is 1.67 bits per heavy atom. The molecule has 0 aliphatic heterocycles. The molecular weight excluding hydrogens is 338 g/mol. The lowest BCUT2D eigenvalue weighted by molar-refractivity contribution is 0.0854. The minimum Gasteiger partial charge on any atom is -0.488 e. The summed E-state index contributed by atoms with van der Waals surface area (Å²) in [6.45, 7) is 0.389. The van der Waals surface area contributed by atoms with E-state index in [2.05, 4.69) is 5.32 Å². The third-order valence-corrected chi connectivity index (χ3v) is 4.86. The van der Waals surface area contributed by atoms with Crippen LogP contribution in [0.4, 0.5) is 0 Å². The van der Waals surface area contributed by atoms with Crippen LogP contribution < -0.4 is 10.1 Å². The van der Waals surface area contributed by atoms with Gasteiger partial charge in [0.1, 0.15) is 12.4 Å². The van der Waals surface area contributed by atoms with Crippen molar-refractivity contribution in [1.82, 2.24) is 5.32 Å². The largest absolute Gasteiger partial charge is 0.488 e. The molecule has 0 radical (unpaired) electrons. The average Bonchev–Trinajstić information content (AvgIpc) is 3.02. The Morgan fingerprint density at radius 3 is 2.52 bits per heavy atom. The Labute approximate surface area is 158 Å². The quantitative estimate of drug-likeness (QED) is 0.731. The number of amides is 1. The van der Waals surface area contributed by atoms with E-state index in [1.807, 2.05) is 66.7 Å². The van der Waals surface area contributed by atoms with Crippen LogP contribution in [0, 0.1) is 0 Å². The summed E-state index contributed by atoms with van der Waals surface area (Å²) in [6, 6.07) is 24.4. The van der Waals surface area contributed by atoms with Crippen LogP contribution in [0.1, 0.15) is 33.1 Å². The van der Waals surface area contributed by atoms with Crippen LogP contribution in [0.2, 0.25) is 0 Å². The van der Waals surface area contributed by atoms with E-state index in [4.69, 9.17) is 4.74 Å². The van der Waals surface area contributed by atoms with Gasteiger partial charge in [-0.3, -0.25) is 4.79 Å². The molecule has 1 aliphatic carbocycles. The lowest BCUT2D eigenvalue weighted by Gasteiger charge is -2.19. The maximum absolute atomic E-state index is 12.9. The number of fused-ring (bicyclic) bond motifs is 1. The van der Waals surface area contributed by atoms with Crippen molar-refractivity contribution in [2.45, 2.75) is 25.2 Å². The molecule has 3 aromatic rings. The number of nitrogens with one attached hydrogen (secondary N) is 1. The van der Waals surface area contributed by atoms with Crippen LogP contribution in [0.5, 0.6) is 5.75 Å². The van der Waals surface area contributed by atoms with Crippen LogP contribution in [0.25, 0.3) is 0 Å². The summed E-state index contributed by atoms with van der Waals surface area (Å²) in [4.78, 5) is 12.9. The van der Waals surface area contributed by atoms with Crippen molar-refractivity contribution in [2.24, 2.45) is 0 Å². The molecule has 27 heavy (non-hydrogen) atoms. The van der Waals surface area contributed by atoms with E-state index in [0.29, 0.717) is 24.3 Å². The zero-order valence-corrected chi connectivity index (χ0v) is 14.8. The average molecular weight is 359 g/mol. The summed E-state index contributed by atoms with van der Waals surface area (Å²) < 4.78 is 5.88. The van der Waals surface area contributed by atoms with Gasteiger partial charge in [-0.2, -0.15) is 0 Å². The highest BCUT2D eigenvalue weighted by Crippen LogP contribution is 2.32. The van der Waals surface area contributed by atoms with Crippen molar-refractivity contribution in [3.05, 3.63) is 101 Å². The number of hydrogen-bond acceptors (Lipinski definition) is 3. The van der Waals surface area contributed by atoms with E-state index in [-0.39, 0.29) is 5.91 Å². The van der Waals surface area contributed by atoms with E-state index in [1.165, 1.54) is 0 Å². The monoisotopic (exact) mass is 359 g/mol. The van der Waals surface area contributed by atoms with Gasteiger partial charge in [0.05, 0.1) is 17.7 Å². The predicted molar refractivity (Wildman–Crippen MR) is 104 cm³/mol. The highest BCUT2D eigenvalue weighted by atomic mass is 16.5. The molecule has 1 amide bonds. The van der Waals surface area contributed by atoms with Crippen molar-refractivity contribution in [2.75, 3.05) is 0 Å². The summed E-state index contributed by atoms with van der Waals surface area (Å²) >= 11 is 0. The standard InChI is InChI=1S/C23H21NO3/c25-20-14-17-10-4-5-11-18(17)22(20)24-23(26)19-12-6-7-13-21(19)27-15-16-8-2-1-3-9-16/h1-13,20,22,25H,14-15H2,(H,24,26). The van der Waals surface area contributed by atoms with Gasteiger partial charge in [0, 0.05) is 6.42 Å². The zero-order valence-electron chi connectivity index (χ0n) is 14.8. The van der Waals surface area contributed by atoms with Crippen LogP contribution in [-0.2, 0) is 13.0 Å². The van der Waals surface area contributed by atoms with Crippen LogP contribution in [0.3, 0.4) is 0 Å². The number of aliphatic hydroxyl groups excluding tert-OH is 1. The number of hydrogen-bond donors (Lipinski definition) is 2. The predicted octanol–water partition coefficient (Wildman–Crippen LogP) is 3.65. The second-order valence-electron chi connectivity index (χ2n) is 6.69. The van der Waals surface area contributed by atoms with Crippen molar-refractivity contribution in [3.63, 3.8) is 0 Å². The first kappa shape index (κ1) is 17.3. The van der Waals surface area contributed by atoms with Crippen LogP contribution in [0.15, 0.2) is 78.9 Å². The molecule has 2 N–H and O–H groups in total. The number of carbonyl (C=O) groups excluding carboxylic acids is 1. The fraction of sp³-hybridized carbons (Fsp3) is 0.174. The van der Waals surface area contributed by atoms with Crippen LogP contribution in [-0.4, -0.2) is 17.1 Å². The van der Waals surface area contributed by atoms with Crippen molar-refractivity contribution < 1.29 is 14.6 Å². The fourth-order valence-electron chi connectivity index (χ4n) is 3.48. The minimum absolute atomic E-state index is 0.251. The Bertz CT molecular complexity index is 939. The van der Waals surface area contributed by atoms with Crippen molar-refractivity contribution >= 4 is 5.91 Å². The van der Waals surface area contributed by atoms with Gasteiger partial charge in [0.15, 0.2) is 0 Å². The first-order valence-corrected chi connectivity index (χ1v) is 9.05. The first-order chi connectivity index (χ1) is 13.2. The minimum atomic E-state index is -0.622. The molecule has 4 rings (SSSR count). The van der Waals surface area contributed by atoms with E-state index >= 15 is 0 Å². The van der Waals surface area contributed by atoms with Gasteiger partial charge in [0.25, 0.3) is 5.91 Å². The highest BCUT2D eigenvalue weighted by Gasteiger charge is 2.32. The molecule has 3 aromatic carbocycles. The molecule has 0 saturated heterocycles. The molecule has 4 nitrogen and oxygen atoms in total. The third-order valence-electron chi connectivity index (χ3n) is 4.86. The molecule has 0 aromatic heterocycles. The van der Waals surface area contributed by atoms with Gasteiger partial charge < -0.3 is 15.2 Å². The summed E-state index contributed by atoms with van der Waals surface area (Å²) in [5.74, 6) is 0.277. The molecule has 1 aliphatic rings. The molecule has 2 atom stereocenters. The highest BCUT2D eigenvalue weighted by molar-refractivity contribution is 5.97. The molecule has 0 fully saturated rings. The van der Waals surface area contributed by atoms with E-state index in [1.54, 1.807) is 12.1 Å². The molecule has 0 spiro atoms. The van der Waals surface area contributed by atoms with Crippen LogP contribution >= 0.6 is 0 Å². The van der Waals surface area contributed by atoms with E-state index in [0.717, 1.165) is 16.7 Å². The van der Waals surface area contributed by atoms with E-state index in [9.17, 15) is 9.90 Å². The van der Waals surface area contributed by atoms with Gasteiger partial charge >= 0.3 is 0 Å². The van der Waals surface area contributed by atoms with Gasteiger partial charge in [-0.25, -0.2) is 0 Å². The molecule has 0 saturated carbocycles. The second kappa shape index (κ2) is 7.64. The molecule has 0 bridgehead atoms.